The highest BCUT2D eigenvalue weighted by Gasteiger charge is 2.26. The summed E-state index contributed by atoms with van der Waals surface area (Å²) in [7, 11) is 0. The highest BCUT2D eigenvalue weighted by atomic mass is 15.2. The molecule has 0 saturated carbocycles. The SMILES string of the molecule is Cc1cc(C)nc(Nc2cc(C)nc([C@H]3CCN(Cc4cccnc4)C3)n2)n1. The summed E-state index contributed by atoms with van der Waals surface area (Å²) in [5.74, 6) is 2.54. The van der Waals surface area contributed by atoms with Crippen molar-refractivity contribution < 1.29 is 0 Å². The van der Waals surface area contributed by atoms with Crippen LogP contribution in [0.5, 0.6) is 0 Å². The zero-order valence-electron chi connectivity index (χ0n) is 16.6. The highest BCUT2D eigenvalue weighted by molar-refractivity contribution is 5.48. The molecule has 0 unspecified atom stereocenters. The molecular formula is C21H25N7. The van der Waals surface area contributed by atoms with Crippen molar-refractivity contribution in [1.82, 2.24) is 29.8 Å². The number of hydrogen-bond acceptors (Lipinski definition) is 7. The Morgan fingerprint density at radius 1 is 1.04 bits per heavy atom. The van der Waals surface area contributed by atoms with Crippen molar-refractivity contribution >= 4 is 11.8 Å². The van der Waals surface area contributed by atoms with Crippen molar-refractivity contribution in [2.45, 2.75) is 39.7 Å². The van der Waals surface area contributed by atoms with Gasteiger partial charge in [0.25, 0.3) is 0 Å². The van der Waals surface area contributed by atoms with E-state index >= 15 is 0 Å². The zero-order chi connectivity index (χ0) is 19.5. The smallest absolute Gasteiger partial charge is 0.228 e. The molecule has 7 nitrogen and oxygen atoms in total. The number of aromatic nitrogens is 5. The second kappa shape index (κ2) is 7.98. The predicted molar refractivity (Wildman–Crippen MR) is 108 cm³/mol. The molecule has 0 radical (unpaired) electrons. The van der Waals surface area contributed by atoms with E-state index in [0.29, 0.717) is 11.9 Å². The normalized spacial score (nSPS) is 17.0. The number of nitrogens with zero attached hydrogens (tertiary/aromatic N) is 6. The first-order valence-electron chi connectivity index (χ1n) is 9.61. The Hall–Kier alpha value is -2.93. The molecular weight excluding hydrogens is 350 g/mol. The molecule has 0 aliphatic carbocycles. The molecule has 1 fully saturated rings. The van der Waals surface area contributed by atoms with Crippen molar-refractivity contribution in [3.8, 4) is 0 Å². The molecule has 3 aromatic heterocycles. The molecule has 4 heterocycles. The summed E-state index contributed by atoms with van der Waals surface area (Å²) < 4.78 is 0. The van der Waals surface area contributed by atoms with Crippen LogP contribution in [0.2, 0.25) is 0 Å². The van der Waals surface area contributed by atoms with Gasteiger partial charge in [0.15, 0.2) is 0 Å². The van der Waals surface area contributed by atoms with E-state index in [1.54, 1.807) is 0 Å². The number of pyridine rings is 1. The van der Waals surface area contributed by atoms with Gasteiger partial charge in [-0.1, -0.05) is 6.07 Å². The summed E-state index contributed by atoms with van der Waals surface area (Å²) in [5.41, 5.74) is 4.05. The van der Waals surface area contributed by atoms with Gasteiger partial charge in [-0.3, -0.25) is 9.88 Å². The van der Waals surface area contributed by atoms with E-state index in [1.807, 2.05) is 51.4 Å². The lowest BCUT2D eigenvalue weighted by atomic mass is 10.1. The first-order chi connectivity index (χ1) is 13.5. The third-order valence-electron chi connectivity index (χ3n) is 4.86. The van der Waals surface area contributed by atoms with Crippen molar-refractivity contribution in [2.75, 3.05) is 18.4 Å². The van der Waals surface area contributed by atoms with Crippen LogP contribution in [0, 0.1) is 20.8 Å². The van der Waals surface area contributed by atoms with Gasteiger partial charge >= 0.3 is 0 Å². The molecule has 3 aromatic rings. The molecule has 0 spiro atoms. The van der Waals surface area contributed by atoms with Gasteiger partial charge in [0.2, 0.25) is 5.95 Å². The lowest BCUT2D eigenvalue weighted by molar-refractivity contribution is 0.325. The monoisotopic (exact) mass is 375 g/mol. The first-order valence-corrected chi connectivity index (χ1v) is 9.61. The van der Waals surface area contributed by atoms with Crippen LogP contribution < -0.4 is 5.32 Å². The summed E-state index contributed by atoms with van der Waals surface area (Å²) in [6.45, 7) is 8.84. The molecule has 28 heavy (non-hydrogen) atoms. The molecule has 1 N–H and O–H groups in total. The summed E-state index contributed by atoms with van der Waals surface area (Å²) in [6.07, 6.45) is 4.80. The van der Waals surface area contributed by atoms with Gasteiger partial charge in [0.05, 0.1) is 0 Å². The zero-order valence-corrected chi connectivity index (χ0v) is 16.6. The Bertz CT molecular complexity index is 938. The molecule has 4 rings (SSSR count). The Kier molecular flexibility index (Phi) is 5.25. The number of rotatable bonds is 5. The second-order valence-electron chi connectivity index (χ2n) is 7.43. The van der Waals surface area contributed by atoms with Crippen LogP contribution in [0.15, 0.2) is 36.7 Å². The number of hydrogen-bond donors (Lipinski definition) is 1. The van der Waals surface area contributed by atoms with Crippen LogP contribution in [0.25, 0.3) is 0 Å². The van der Waals surface area contributed by atoms with E-state index in [4.69, 9.17) is 9.97 Å². The molecule has 0 bridgehead atoms. The molecule has 1 atom stereocenters. The third-order valence-corrected chi connectivity index (χ3v) is 4.86. The minimum absolute atomic E-state index is 0.331. The molecule has 144 valence electrons. The van der Waals surface area contributed by atoms with Crippen molar-refractivity contribution in [2.24, 2.45) is 0 Å². The average molecular weight is 375 g/mol. The fraction of sp³-hybridized carbons (Fsp3) is 0.381. The van der Waals surface area contributed by atoms with Crippen LogP contribution in [-0.2, 0) is 6.54 Å². The number of anilines is 2. The van der Waals surface area contributed by atoms with Gasteiger partial charge in [-0.2, -0.15) is 0 Å². The molecule has 0 amide bonds. The quantitative estimate of drug-likeness (QED) is 0.733. The molecule has 1 aliphatic rings. The fourth-order valence-electron chi connectivity index (χ4n) is 3.67. The van der Waals surface area contributed by atoms with Crippen LogP contribution in [0.4, 0.5) is 11.8 Å². The third kappa shape index (κ3) is 4.48. The highest BCUT2D eigenvalue weighted by Crippen LogP contribution is 2.27. The minimum Gasteiger partial charge on any atom is -0.309 e. The predicted octanol–water partition coefficient (Wildman–Crippen LogP) is 3.32. The van der Waals surface area contributed by atoms with E-state index in [0.717, 1.165) is 54.8 Å². The summed E-state index contributed by atoms with van der Waals surface area (Å²) in [5, 5.41) is 3.25. The summed E-state index contributed by atoms with van der Waals surface area (Å²) in [6, 6.07) is 8.00. The number of aryl methyl sites for hydroxylation is 3. The Labute approximate surface area is 165 Å². The standard InChI is InChI=1S/C21H25N7/c1-14-9-15(2)25-21(24-14)27-19-10-16(3)23-20(26-19)18-6-8-28(13-18)12-17-5-4-7-22-11-17/h4-5,7,9-11,18H,6,8,12-13H2,1-3H3,(H,23,24,25,26,27)/t18-/m0/s1. The van der Waals surface area contributed by atoms with E-state index in [2.05, 4.69) is 31.2 Å². The van der Waals surface area contributed by atoms with Gasteiger partial charge in [0.1, 0.15) is 11.6 Å². The molecule has 0 aromatic carbocycles. The van der Waals surface area contributed by atoms with Gasteiger partial charge in [0, 0.05) is 54.5 Å². The van der Waals surface area contributed by atoms with E-state index in [1.165, 1.54) is 5.56 Å². The van der Waals surface area contributed by atoms with E-state index in [-0.39, 0.29) is 0 Å². The van der Waals surface area contributed by atoms with Crippen LogP contribution >= 0.6 is 0 Å². The maximum Gasteiger partial charge on any atom is 0.228 e. The molecule has 1 aliphatic heterocycles. The fourth-order valence-corrected chi connectivity index (χ4v) is 3.67. The summed E-state index contributed by atoms with van der Waals surface area (Å²) in [4.78, 5) is 25.0. The van der Waals surface area contributed by atoms with Crippen molar-refractivity contribution in [3.63, 3.8) is 0 Å². The maximum atomic E-state index is 4.77. The van der Waals surface area contributed by atoms with Gasteiger partial charge in [-0.25, -0.2) is 19.9 Å². The van der Waals surface area contributed by atoms with Gasteiger partial charge in [-0.15, -0.1) is 0 Å². The van der Waals surface area contributed by atoms with Crippen LogP contribution in [-0.4, -0.2) is 42.9 Å². The first kappa shape index (κ1) is 18.4. The Balaban J connectivity index is 1.48. The maximum absolute atomic E-state index is 4.77. The Morgan fingerprint density at radius 2 is 1.82 bits per heavy atom. The molecule has 7 heteroatoms. The minimum atomic E-state index is 0.331. The largest absolute Gasteiger partial charge is 0.309 e. The van der Waals surface area contributed by atoms with Crippen LogP contribution in [0.1, 0.15) is 40.8 Å². The second-order valence-corrected chi connectivity index (χ2v) is 7.43. The van der Waals surface area contributed by atoms with Gasteiger partial charge in [-0.05, 0) is 51.4 Å². The number of nitrogens with one attached hydrogen (secondary N) is 1. The van der Waals surface area contributed by atoms with E-state index in [9.17, 15) is 0 Å². The number of likely N-dealkylation sites (tertiary alicyclic amines) is 1. The summed E-state index contributed by atoms with van der Waals surface area (Å²) >= 11 is 0. The average Bonchev–Trinajstić information content (AvgIpc) is 3.10. The molecule has 1 saturated heterocycles. The van der Waals surface area contributed by atoms with Crippen molar-refractivity contribution in [3.05, 3.63) is 65.1 Å². The lowest BCUT2D eigenvalue weighted by Gasteiger charge is -2.16. The van der Waals surface area contributed by atoms with E-state index < -0.39 is 0 Å². The topological polar surface area (TPSA) is 79.7 Å². The van der Waals surface area contributed by atoms with Crippen molar-refractivity contribution in [1.29, 1.82) is 0 Å². The Morgan fingerprint density at radius 3 is 2.57 bits per heavy atom. The van der Waals surface area contributed by atoms with Crippen LogP contribution in [0.3, 0.4) is 0 Å². The lowest BCUT2D eigenvalue weighted by Crippen LogP contribution is -2.20. The van der Waals surface area contributed by atoms with Gasteiger partial charge < -0.3 is 5.32 Å².